The van der Waals surface area contributed by atoms with Gasteiger partial charge in [-0.15, -0.1) is 0 Å². The number of anilines is 1. The SMILES string of the molecule is CC1CNc2cc(S(=O)(=O)NCCO)ccc2O1. The van der Waals surface area contributed by atoms with Gasteiger partial charge in [0.05, 0.1) is 23.7 Å². The molecule has 1 aromatic rings. The molecule has 0 bridgehead atoms. The zero-order valence-corrected chi connectivity index (χ0v) is 10.8. The number of aliphatic hydroxyl groups excluding tert-OH is 1. The van der Waals surface area contributed by atoms with Crippen LogP contribution in [0.15, 0.2) is 23.1 Å². The van der Waals surface area contributed by atoms with E-state index in [4.69, 9.17) is 9.84 Å². The number of fused-ring (bicyclic) bond motifs is 1. The lowest BCUT2D eigenvalue weighted by molar-refractivity contribution is 0.226. The van der Waals surface area contributed by atoms with Gasteiger partial charge in [-0.2, -0.15) is 0 Å². The summed E-state index contributed by atoms with van der Waals surface area (Å²) in [5.74, 6) is 0.648. The van der Waals surface area contributed by atoms with Crippen molar-refractivity contribution in [3.8, 4) is 5.75 Å². The molecule has 6 nitrogen and oxygen atoms in total. The van der Waals surface area contributed by atoms with Crippen LogP contribution in [0.4, 0.5) is 5.69 Å². The molecule has 1 aliphatic rings. The first kappa shape index (κ1) is 13.1. The zero-order valence-electron chi connectivity index (χ0n) is 10.0. The van der Waals surface area contributed by atoms with Gasteiger partial charge >= 0.3 is 0 Å². The van der Waals surface area contributed by atoms with Gasteiger partial charge in [0.25, 0.3) is 0 Å². The highest BCUT2D eigenvalue weighted by Crippen LogP contribution is 2.31. The molecule has 0 aromatic heterocycles. The van der Waals surface area contributed by atoms with E-state index in [1.807, 2.05) is 6.92 Å². The number of aliphatic hydroxyl groups is 1. The van der Waals surface area contributed by atoms with Gasteiger partial charge in [0.1, 0.15) is 11.9 Å². The van der Waals surface area contributed by atoms with Crippen molar-refractivity contribution >= 4 is 15.7 Å². The maximum Gasteiger partial charge on any atom is 0.240 e. The predicted octanol–water partition coefficient (Wildman–Crippen LogP) is 0.150. The Morgan fingerprint density at radius 3 is 3.06 bits per heavy atom. The summed E-state index contributed by atoms with van der Waals surface area (Å²) in [6, 6.07) is 4.64. The molecule has 0 radical (unpaired) electrons. The van der Waals surface area contributed by atoms with Crippen LogP contribution in [0.5, 0.6) is 5.75 Å². The molecule has 0 fully saturated rings. The molecule has 1 atom stereocenters. The first-order chi connectivity index (χ1) is 8.53. The molecule has 1 heterocycles. The van der Waals surface area contributed by atoms with Crippen molar-refractivity contribution in [3.05, 3.63) is 18.2 Å². The summed E-state index contributed by atoms with van der Waals surface area (Å²) in [6.45, 7) is 2.34. The normalized spacial score (nSPS) is 18.7. The molecule has 18 heavy (non-hydrogen) atoms. The summed E-state index contributed by atoms with van der Waals surface area (Å²) in [5, 5.41) is 11.8. The molecule has 1 unspecified atom stereocenters. The van der Waals surface area contributed by atoms with Crippen molar-refractivity contribution < 1.29 is 18.3 Å². The number of ether oxygens (including phenoxy) is 1. The van der Waals surface area contributed by atoms with Crippen LogP contribution in [0.3, 0.4) is 0 Å². The number of hydrogen-bond donors (Lipinski definition) is 3. The fraction of sp³-hybridized carbons (Fsp3) is 0.455. The van der Waals surface area contributed by atoms with Crippen molar-refractivity contribution in [2.45, 2.75) is 17.9 Å². The molecule has 3 N–H and O–H groups in total. The lowest BCUT2D eigenvalue weighted by Crippen LogP contribution is -2.29. The Morgan fingerprint density at radius 1 is 1.56 bits per heavy atom. The van der Waals surface area contributed by atoms with Gasteiger partial charge in [0, 0.05) is 6.54 Å². The smallest absolute Gasteiger partial charge is 0.240 e. The van der Waals surface area contributed by atoms with E-state index in [2.05, 4.69) is 10.0 Å². The van der Waals surface area contributed by atoms with E-state index in [1.165, 1.54) is 12.1 Å². The summed E-state index contributed by atoms with van der Waals surface area (Å²) < 4.78 is 31.6. The molecule has 0 saturated carbocycles. The van der Waals surface area contributed by atoms with Gasteiger partial charge in [-0.3, -0.25) is 0 Å². The van der Waals surface area contributed by atoms with Crippen LogP contribution in [0.2, 0.25) is 0 Å². The van der Waals surface area contributed by atoms with Gasteiger partial charge in [-0.1, -0.05) is 0 Å². The minimum absolute atomic E-state index is 0.000378. The van der Waals surface area contributed by atoms with E-state index in [0.29, 0.717) is 18.0 Å². The van der Waals surface area contributed by atoms with Crippen molar-refractivity contribution in [2.75, 3.05) is 25.0 Å². The summed E-state index contributed by atoms with van der Waals surface area (Å²) in [6.07, 6.45) is 0.0625. The van der Waals surface area contributed by atoms with Crippen LogP contribution in [-0.4, -0.2) is 39.3 Å². The van der Waals surface area contributed by atoms with Gasteiger partial charge in [0.2, 0.25) is 10.0 Å². The average molecular weight is 272 g/mol. The molecule has 0 spiro atoms. The fourth-order valence-electron chi connectivity index (χ4n) is 1.69. The van der Waals surface area contributed by atoms with Crippen molar-refractivity contribution in [3.63, 3.8) is 0 Å². The molecule has 0 saturated heterocycles. The summed E-state index contributed by atoms with van der Waals surface area (Å²) in [5.41, 5.74) is 0.667. The van der Waals surface area contributed by atoms with Crippen LogP contribution in [-0.2, 0) is 10.0 Å². The van der Waals surface area contributed by atoms with E-state index in [-0.39, 0.29) is 24.2 Å². The third-order valence-electron chi connectivity index (χ3n) is 2.57. The minimum Gasteiger partial charge on any atom is -0.487 e. The second kappa shape index (κ2) is 5.13. The fourth-order valence-corrected chi connectivity index (χ4v) is 2.74. The van der Waals surface area contributed by atoms with E-state index in [9.17, 15) is 8.42 Å². The Balaban J connectivity index is 2.26. The first-order valence-corrected chi connectivity index (χ1v) is 7.16. The van der Waals surface area contributed by atoms with E-state index < -0.39 is 10.0 Å². The predicted molar refractivity (Wildman–Crippen MR) is 67.3 cm³/mol. The van der Waals surface area contributed by atoms with Crippen LogP contribution >= 0.6 is 0 Å². The molecule has 7 heteroatoms. The van der Waals surface area contributed by atoms with Crippen molar-refractivity contribution in [1.29, 1.82) is 0 Å². The van der Waals surface area contributed by atoms with Crippen LogP contribution in [0.25, 0.3) is 0 Å². The molecule has 1 aromatic carbocycles. The van der Waals surface area contributed by atoms with Crippen molar-refractivity contribution in [2.24, 2.45) is 0 Å². The van der Waals surface area contributed by atoms with E-state index >= 15 is 0 Å². The molecule has 1 aliphatic heterocycles. The second-order valence-electron chi connectivity index (χ2n) is 4.09. The Hall–Kier alpha value is -1.31. The third-order valence-corrected chi connectivity index (χ3v) is 4.03. The molecule has 100 valence electrons. The number of benzene rings is 1. The van der Waals surface area contributed by atoms with E-state index in [1.54, 1.807) is 6.07 Å². The second-order valence-corrected chi connectivity index (χ2v) is 5.86. The van der Waals surface area contributed by atoms with Crippen LogP contribution in [0.1, 0.15) is 6.92 Å². The van der Waals surface area contributed by atoms with Gasteiger partial charge in [-0.05, 0) is 25.1 Å². The highest BCUT2D eigenvalue weighted by Gasteiger charge is 2.19. The zero-order chi connectivity index (χ0) is 13.2. The molecule has 2 rings (SSSR count). The Labute approximate surface area is 106 Å². The molecule has 0 aliphatic carbocycles. The monoisotopic (exact) mass is 272 g/mol. The van der Waals surface area contributed by atoms with Crippen molar-refractivity contribution in [1.82, 2.24) is 4.72 Å². The molecular weight excluding hydrogens is 256 g/mol. The summed E-state index contributed by atoms with van der Waals surface area (Å²) >= 11 is 0. The quantitative estimate of drug-likeness (QED) is 0.726. The minimum atomic E-state index is -3.57. The highest BCUT2D eigenvalue weighted by molar-refractivity contribution is 7.89. The maximum absolute atomic E-state index is 11.9. The number of hydrogen-bond acceptors (Lipinski definition) is 5. The Morgan fingerprint density at radius 2 is 2.33 bits per heavy atom. The number of rotatable bonds is 4. The lowest BCUT2D eigenvalue weighted by atomic mass is 10.2. The van der Waals surface area contributed by atoms with Crippen LogP contribution < -0.4 is 14.8 Å². The summed E-state index contributed by atoms with van der Waals surface area (Å²) in [7, 11) is -3.57. The largest absolute Gasteiger partial charge is 0.487 e. The third kappa shape index (κ3) is 2.74. The standard InChI is InChI=1S/C11H16N2O4S/c1-8-7-12-10-6-9(2-3-11(10)17-8)18(15,16)13-4-5-14/h2-3,6,8,12-14H,4-5,7H2,1H3. The van der Waals surface area contributed by atoms with Crippen LogP contribution in [0, 0.1) is 0 Å². The first-order valence-electron chi connectivity index (χ1n) is 5.68. The van der Waals surface area contributed by atoms with Gasteiger partial charge in [0.15, 0.2) is 0 Å². The van der Waals surface area contributed by atoms with Gasteiger partial charge in [-0.25, -0.2) is 13.1 Å². The molecule has 0 amide bonds. The van der Waals surface area contributed by atoms with E-state index in [0.717, 1.165) is 0 Å². The Bertz CT molecular complexity index is 530. The highest BCUT2D eigenvalue weighted by atomic mass is 32.2. The topological polar surface area (TPSA) is 87.7 Å². The lowest BCUT2D eigenvalue weighted by Gasteiger charge is -2.25. The maximum atomic E-state index is 11.9. The average Bonchev–Trinajstić information content (AvgIpc) is 2.35. The number of sulfonamides is 1. The summed E-state index contributed by atoms with van der Waals surface area (Å²) in [4.78, 5) is 0.153. The Kier molecular flexibility index (Phi) is 3.74. The molecular formula is C11H16N2O4S. The van der Waals surface area contributed by atoms with Gasteiger partial charge < -0.3 is 15.2 Å². The number of nitrogens with one attached hydrogen (secondary N) is 2.